The second-order valence-corrected chi connectivity index (χ2v) is 3.07. The minimum Gasteiger partial charge on any atom is -0.465 e. The number of hydrogen-bond acceptors (Lipinski definition) is 5. The molecule has 1 rings (SSSR count). The highest BCUT2D eigenvalue weighted by molar-refractivity contribution is 5.97. The standard InChI is InChI=1S/C9H11NO4/c1-5(2)8-7(9(12)13-3)6(4-11)14-10-8/h4-5H,1-3H3. The molecule has 0 amide bonds. The van der Waals surface area contributed by atoms with E-state index in [1.165, 1.54) is 7.11 Å². The molecule has 1 aromatic heterocycles. The van der Waals surface area contributed by atoms with E-state index in [4.69, 9.17) is 4.52 Å². The number of ether oxygens (including phenoxy) is 1. The van der Waals surface area contributed by atoms with E-state index in [-0.39, 0.29) is 17.2 Å². The van der Waals surface area contributed by atoms with Crippen molar-refractivity contribution < 1.29 is 18.8 Å². The Balaban J connectivity index is 3.26. The monoisotopic (exact) mass is 197 g/mol. The van der Waals surface area contributed by atoms with Crippen LogP contribution >= 0.6 is 0 Å². The van der Waals surface area contributed by atoms with Crippen molar-refractivity contribution in [3.63, 3.8) is 0 Å². The Morgan fingerprint density at radius 2 is 2.21 bits per heavy atom. The number of carbonyl (C=O) groups is 2. The molecule has 0 N–H and O–H groups in total. The molecule has 76 valence electrons. The van der Waals surface area contributed by atoms with Crippen molar-refractivity contribution >= 4 is 12.3 Å². The summed E-state index contributed by atoms with van der Waals surface area (Å²) in [6.07, 6.45) is 0.450. The van der Waals surface area contributed by atoms with Gasteiger partial charge in [0.25, 0.3) is 0 Å². The van der Waals surface area contributed by atoms with E-state index in [1.54, 1.807) is 0 Å². The fourth-order valence-corrected chi connectivity index (χ4v) is 1.10. The minimum atomic E-state index is -0.600. The molecule has 0 aliphatic rings. The first-order chi connectivity index (χ1) is 6.61. The average Bonchev–Trinajstić information content (AvgIpc) is 2.59. The summed E-state index contributed by atoms with van der Waals surface area (Å²) in [4.78, 5) is 21.8. The lowest BCUT2D eigenvalue weighted by molar-refractivity contribution is 0.0595. The maximum Gasteiger partial charge on any atom is 0.343 e. The van der Waals surface area contributed by atoms with Crippen LogP contribution in [0.2, 0.25) is 0 Å². The summed E-state index contributed by atoms with van der Waals surface area (Å²) in [5, 5.41) is 3.65. The molecule has 0 bridgehead atoms. The van der Waals surface area contributed by atoms with Crippen molar-refractivity contribution in [1.82, 2.24) is 5.16 Å². The summed E-state index contributed by atoms with van der Waals surface area (Å²) in [6.45, 7) is 3.69. The predicted octanol–water partition coefficient (Wildman–Crippen LogP) is 1.40. The molecule has 1 heterocycles. The topological polar surface area (TPSA) is 69.4 Å². The Kier molecular flexibility index (Phi) is 3.01. The minimum absolute atomic E-state index is 0.00144. The Morgan fingerprint density at radius 1 is 1.57 bits per heavy atom. The first-order valence-electron chi connectivity index (χ1n) is 4.14. The number of aldehydes is 1. The molecule has 0 radical (unpaired) electrons. The normalized spacial score (nSPS) is 10.3. The average molecular weight is 197 g/mol. The van der Waals surface area contributed by atoms with E-state index >= 15 is 0 Å². The molecule has 0 saturated carbocycles. The second kappa shape index (κ2) is 4.04. The number of aromatic nitrogens is 1. The lowest BCUT2D eigenvalue weighted by atomic mass is 10.0. The van der Waals surface area contributed by atoms with Gasteiger partial charge in [0.1, 0.15) is 11.3 Å². The fraction of sp³-hybridized carbons (Fsp3) is 0.444. The van der Waals surface area contributed by atoms with Crippen molar-refractivity contribution in [1.29, 1.82) is 0 Å². The molecule has 5 heteroatoms. The summed E-state index contributed by atoms with van der Waals surface area (Å²) in [7, 11) is 1.24. The Bertz CT molecular complexity index is 354. The van der Waals surface area contributed by atoms with Crippen LogP contribution < -0.4 is 0 Å². The molecule has 5 nitrogen and oxygen atoms in total. The van der Waals surface area contributed by atoms with Crippen LogP contribution in [-0.2, 0) is 4.74 Å². The predicted molar refractivity (Wildman–Crippen MR) is 47.3 cm³/mol. The molecule has 0 atom stereocenters. The Labute approximate surface area is 81.0 Å². The van der Waals surface area contributed by atoms with Crippen LogP contribution in [0.15, 0.2) is 4.52 Å². The molecule has 0 fully saturated rings. The first-order valence-corrected chi connectivity index (χ1v) is 4.14. The highest BCUT2D eigenvalue weighted by Crippen LogP contribution is 2.21. The third kappa shape index (κ3) is 1.66. The van der Waals surface area contributed by atoms with E-state index in [0.29, 0.717) is 12.0 Å². The quantitative estimate of drug-likeness (QED) is 0.541. The summed E-state index contributed by atoms with van der Waals surface area (Å²) >= 11 is 0. The summed E-state index contributed by atoms with van der Waals surface area (Å²) in [5.41, 5.74) is 0.566. The molecular weight excluding hydrogens is 186 g/mol. The van der Waals surface area contributed by atoms with Gasteiger partial charge in [-0.05, 0) is 5.92 Å². The Hall–Kier alpha value is -1.65. The van der Waals surface area contributed by atoms with E-state index in [2.05, 4.69) is 9.89 Å². The molecule has 14 heavy (non-hydrogen) atoms. The van der Waals surface area contributed by atoms with Gasteiger partial charge in [0.2, 0.25) is 5.76 Å². The first kappa shape index (κ1) is 10.4. The molecule has 0 saturated heterocycles. The van der Waals surface area contributed by atoms with E-state index in [9.17, 15) is 9.59 Å². The lowest BCUT2D eigenvalue weighted by Gasteiger charge is -2.01. The molecule has 0 spiro atoms. The van der Waals surface area contributed by atoms with Crippen LogP contribution in [0.5, 0.6) is 0 Å². The highest BCUT2D eigenvalue weighted by atomic mass is 16.5. The van der Waals surface area contributed by atoms with Gasteiger partial charge in [0, 0.05) is 0 Å². The molecule has 0 aromatic carbocycles. The summed E-state index contributed by atoms with van der Waals surface area (Å²) < 4.78 is 9.24. The van der Waals surface area contributed by atoms with Gasteiger partial charge in [-0.1, -0.05) is 19.0 Å². The van der Waals surface area contributed by atoms with Gasteiger partial charge in [-0.15, -0.1) is 0 Å². The molecule has 0 aliphatic carbocycles. The van der Waals surface area contributed by atoms with Gasteiger partial charge in [0.05, 0.1) is 7.11 Å². The van der Waals surface area contributed by atoms with Crippen LogP contribution in [-0.4, -0.2) is 24.5 Å². The third-order valence-electron chi connectivity index (χ3n) is 1.79. The van der Waals surface area contributed by atoms with Crippen molar-refractivity contribution in [3.05, 3.63) is 17.0 Å². The fourth-order valence-electron chi connectivity index (χ4n) is 1.10. The summed E-state index contributed by atoms with van der Waals surface area (Å²) in [5.74, 6) is -0.681. The van der Waals surface area contributed by atoms with Gasteiger partial charge in [-0.2, -0.15) is 0 Å². The maximum absolute atomic E-state index is 11.3. The van der Waals surface area contributed by atoms with Gasteiger partial charge in [0.15, 0.2) is 6.29 Å². The maximum atomic E-state index is 11.3. The SMILES string of the molecule is COC(=O)c1c(C(C)C)noc1C=O. The van der Waals surface area contributed by atoms with Crippen molar-refractivity contribution in [2.75, 3.05) is 7.11 Å². The molecule has 0 unspecified atom stereocenters. The smallest absolute Gasteiger partial charge is 0.343 e. The van der Waals surface area contributed by atoms with E-state index in [0.717, 1.165) is 0 Å². The van der Waals surface area contributed by atoms with Gasteiger partial charge in [-0.25, -0.2) is 4.79 Å². The second-order valence-electron chi connectivity index (χ2n) is 3.07. The number of hydrogen-bond donors (Lipinski definition) is 0. The van der Waals surface area contributed by atoms with Gasteiger partial charge >= 0.3 is 5.97 Å². The van der Waals surface area contributed by atoms with Crippen LogP contribution in [0.4, 0.5) is 0 Å². The van der Waals surface area contributed by atoms with Crippen LogP contribution in [0, 0.1) is 0 Å². The molecular formula is C9H11NO4. The number of rotatable bonds is 3. The number of carbonyl (C=O) groups excluding carboxylic acids is 2. The van der Waals surface area contributed by atoms with Crippen LogP contribution in [0.1, 0.15) is 46.4 Å². The number of nitrogens with zero attached hydrogens (tertiary/aromatic N) is 1. The van der Waals surface area contributed by atoms with Gasteiger partial charge < -0.3 is 9.26 Å². The lowest BCUT2D eigenvalue weighted by Crippen LogP contribution is -2.07. The zero-order valence-corrected chi connectivity index (χ0v) is 8.23. The van der Waals surface area contributed by atoms with Gasteiger partial charge in [-0.3, -0.25) is 4.79 Å². The van der Waals surface area contributed by atoms with Crippen molar-refractivity contribution in [2.45, 2.75) is 19.8 Å². The third-order valence-corrected chi connectivity index (χ3v) is 1.79. The van der Waals surface area contributed by atoms with Crippen LogP contribution in [0.3, 0.4) is 0 Å². The molecule has 0 aliphatic heterocycles. The largest absolute Gasteiger partial charge is 0.465 e. The zero-order valence-electron chi connectivity index (χ0n) is 8.23. The highest BCUT2D eigenvalue weighted by Gasteiger charge is 2.24. The van der Waals surface area contributed by atoms with E-state index in [1.807, 2.05) is 13.8 Å². The number of esters is 1. The van der Waals surface area contributed by atoms with Crippen molar-refractivity contribution in [2.24, 2.45) is 0 Å². The summed E-state index contributed by atoms with van der Waals surface area (Å²) in [6, 6.07) is 0. The van der Waals surface area contributed by atoms with E-state index < -0.39 is 5.97 Å². The Morgan fingerprint density at radius 3 is 2.64 bits per heavy atom. The molecule has 1 aromatic rings. The van der Waals surface area contributed by atoms with Crippen molar-refractivity contribution in [3.8, 4) is 0 Å². The number of methoxy groups -OCH3 is 1. The van der Waals surface area contributed by atoms with Crippen LogP contribution in [0.25, 0.3) is 0 Å². The zero-order chi connectivity index (χ0) is 10.7.